The van der Waals surface area contributed by atoms with Gasteiger partial charge in [0, 0.05) is 6.61 Å². The van der Waals surface area contributed by atoms with Crippen LogP contribution in [0.5, 0.6) is 0 Å². The molecule has 0 aliphatic carbocycles. The number of aromatic nitrogens is 4. The van der Waals surface area contributed by atoms with Crippen LogP contribution in [0.3, 0.4) is 0 Å². The Labute approximate surface area is 136 Å². The third kappa shape index (κ3) is 4.87. The number of anilines is 1. The number of unbranched alkanes of at least 4 members (excludes halogenated alkanes) is 1. The second-order valence-corrected chi connectivity index (χ2v) is 5.94. The van der Waals surface area contributed by atoms with E-state index in [1.807, 2.05) is 0 Å². The van der Waals surface area contributed by atoms with Gasteiger partial charge in [-0.15, -0.1) is 0 Å². The number of hydrogen-bond donors (Lipinski definition) is 2. The van der Waals surface area contributed by atoms with Crippen molar-refractivity contribution >= 4 is 17.0 Å². The first kappa shape index (κ1) is 17.6. The zero-order valence-corrected chi connectivity index (χ0v) is 14.0. The van der Waals surface area contributed by atoms with Crippen molar-refractivity contribution < 1.29 is 9.84 Å². The van der Waals surface area contributed by atoms with E-state index in [1.54, 1.807) is 10.9 Å². The Morgan fingerprint density at radius 1 is 1.26 bits per heavy atom. The van der Waals surface area contributed by atoms with Crippen LogP contribution in [-0.2, 0) is 11.3 Å². The molecular weight excluding hydrogens is 294 g/mol. The third-order valence-electron chi connectivity index (χ3n) is 4.04. The molecule has 2 rings (SSSR count). The van der Waals surface area contributed by atoms with Crippen molar-refractivity contribution in [2.45, 2.75) is 52.2 Å². The Kier molecular flexibility index (Phi) is 6.73. The highest BCUT2D eigenvalue weighted by molar-refractivity contribution is 5.81. The van der Waals surface area contributed by atoms with Crippen molar-refractivity contribution in [1.82, 2.24) is 19.5 Å². The summed E-state index contributed by atoms with van der Waals surface area (Å²) in [5.74, 6) is 0.921. The number of ether oxygens (including phenoxy) is 1. The van der Waals surface area contributed by atoms with Gasteiger partial charge < -0.3 is 20.1 Å². The maximum absolute atomic E-state index is 10.2. The maximum atomic E-state index is 10.2. The van der Waals surface area contributed by atoms with E-state index in [0.29, 0.717) is 42.7 Å². The number of hydrogen-bond acceptors (Lipinski definition) is 6. The number of fused-ring (bicyclic) bond motifs is 1. The largest absolute Gasteiger partial charge is 0.389 e. The van der Waals surface area contributed by atoms with Gasteiger partial charge in [-0.25, -0.2) is 15.0 Å². The van der Waals surface area contributed by atoms with Gasteiger partial charge in [-0.05, 0) is 12.3 Å². The molecule has 0 amide bonds. The second kappa shape index (κ2) is 8.79. The highest BCUT2D eigenvalue weighted by Gasteiger charge is 2.13. The number of rotatable bonds is 10. The summed E-state index contributed by atoms with van der Waals surface area (Å²) in [5.41, 5.74) is 6.95. The predicted molar refractivity (Wildman–Crippen MR) is 89.9 cm³/mol. The first-order valence-electron chi connectivity index (χ1n) is 8.32. The number of imidazole rings is 1. The number of nitrogen functional groups attached to an aromatic ring is 1. The molecule has 2 aromatic rings. The van der Waals surface area contributed by atoms with Crippen LogP contribution in [0, 0.1) is 5.92 Å². The van der Waals surface area contributed by atoms with Crippen molar-refractivity contribution in [2.24, 2.45) is 5.92 Å². The Balaban J connectivity index is 1.82. The van der Waals surface area contributed by atoms with Crippen molar-refractivity contribution in [3.63, 3.8) is 0 Å². The summed E-state index contributed by atoms with van der Waals surface area (Å²) in [4.78, 5) is 12.3. The molecule has 0 aliphatic heterocycles. The highest BCUT2D eigenvalue weighted by atomic mass is 16.5. The fraction of sp³-hybridized carbons (Fsp3) is 0.688. The van der Waals surface area contributed by atoms with Gasteiger partial charge in [0.2, 0.25) is 0 Å². The molecule has 2 aromatic heterocycles. The molecule has 0 saturated carbocycles. The summed E-state index contributed by atoms with van der Waals surface area (Å²) in [6.45, 7) is 5.76. The topological polar surface area (TPSA) is 99.1 Å². The van der Waals surface area contributed by atoms with Gasteiger partial charge in [-0.2, -0.15) is 0 Å². The van der Waals surface area contributed by atoms with Crippen molar-refractivity contribution in [2.75, 3.05) is 18.9 Å². The van der Waals surface area contributed by atoms with E-state index >= 15 is 0 Å². The van der Waals surface area contributed by atoms with Crippen molar-refractivity contribution in [3.05, 3.63) is 12.7 Å². The molecule has 0 saturated heterocycles. The van der Waals surface area contributed by atoms with Crippen LogP contribution in [0.25, 0.3) is 11.2 Å². The smallest absolute Gasteiger partial charge is 0.165 e. The lowest BCUT2D eigenvalue weighted by atomic mass is 10.0. The van der Waals surface area contributed by atoms with Gasteiger partial charge in [0.1, 0.15) is 11.8 Å². The lowest BCUT2D eigenvalue weighted by Gasteiger charge is -2.17. The van der Waals surface area contributed by atoms with Gasteiger partial charge in [-0.3, -0.25) is 0 Å². The van der Waals surface area contributed by atoms with Crippen LogP contribution in [0.15, 0.2) is 12.7 Å². The number of aliphatic hydroxyl groups excluding tert-OH is 1. The molecule has 7 heteroatoms. The zero-order chi connectivity index (χ0) is 16.7. The Hall–Kier alpha value is -1.73. The fourth-order valence-corrected chi connectivity index (χ4v) is 2.58. The van der Waals surface area contributed by atoms with E-state index in [1.165, 1.54) is 25.6 Å². The summed E-state index contributed by atoms with van der Waals surface area (Å²) in [6.07, 6.45) is 7.15. The minimum Gasteiger partial charge on any atom is -0.389 e. The molecule has 0 fully saturated rings. The first-order chi connectivity index (χ1) is 11.2. The molecule has 0 unspecified atom stereocenters. The number of nitrogens with zero attached hydrogens (tertiary/aromatic N) is 4. The van der Waals surface area contributed by atoms with E-state index < -0.39 is 6.10 Å². The van der Waals surface area contributed by atoms with Gasteiger partial charge in [0.15, 0.2) is 11.5 Å². The molecule has 0 aromatic carbocycles. The van der Waals surface area contributed by atoms with Gasteiger partial charge >= 0.3 is 0 Å². The van der Waals surface area contributed by atoms with Gasteiger partial charge in [0.05, 0.1) is 25.6 Å². The standard InChI is InChI=1S/C16H27N5O2/c1-3-5-6-12(4-2)8-23-9-13(22)7-21-11-20-14-15(17)18-10-19-16(14)21/h10-13,22H,3-9H2,1-2H3,(H2,17,18,19)/t12-,13-/m0/s1. The highest BCUT2D eigenvalue weighted by Crippen LogP contribution is 2.15. The SMILES string of the molecule is CCCC[C@H](CC)COC[C@@H](O)Cn1cnc2c(N)ncnc21. The van der Waals surface area contributed by atoms with E-state index in [4.69, 9.17) is 10.5 Å². The van der Waals surface area contributed by atoms with Crippen LogP contribution in [0.1, 0.15) is 39.5 Å². The Morgan fingerprint density at radius 3 is 2.83 bits per heavy atom. The van der Waals surface area contributed by atoms with Crippen molar-refractivity contribution in [3.8, 4) is 0 Å². The summed E-state index contributed by atoms with van der Waals surface area (Å²) < 4.78 is 7.46. The average Bonchev–Trinajstić information content (AvgIpc) is 2.95. The average molecular weight is 321 g/mol. The predicted octanol–water partition coefficient (Wildman–Crippen LogP) is 2.00. The summed E-state index contributed by atoms with van der Waals surface area (Å²) in [7, 11) is 0. The molecule has 0 aliphatic rings. The lowest BCUT2D eigenvalue weighted by Crippen LogP contribution is -2.23. The molecule has 128 valence electrons. The molecule has 2 atom stereocenters. The monoisotopic (exact) mass is 321 g/mol. The van der Waals surface area contributed by atoms with E-state index in [0.717, 1.165) is 6.42 Å². The minimum absolute atomic E-state index is 0.308. The summed E-state index contributed by atoms with van der Waals surface area (Å²) in [6, 6.07) is 0. The van der Waals surface area contributed by atoms with Crippen LogP contribution in [0.2, 0.25) is 0 Å². The second-order valence-electron chi connectivity index (χ2n) is 5.94. The Morgan fingerprint density at radius 2 is 2.09 bits per heavy atom. The van der Waals surface area contributed by atoms with Gasteiger partial charge in [-0.1, -0.05) is 33.1 Å². The number of nitrogens with two attached hydrogens (primary N) is 1. The minimum atomic E-state index is -0.604. The number of aliphatic hydroxyl groups is 1. The molecule has 23 heavy (non-hydrogen) atoms. The molecular formula is C16H27N5O2. The van der Waals surface area contributed by atoms with Crippen LogP contribution in [0.4, 0.5) is 5.82 Å². The zero-order valence-electron chi connectivity index (χ0n) is 14.0. The van der Waals surface area contributed by atoms with Crippen molar-refractivity contribution in [1.29, 1.82) is 0 Å². The lowest BCUT2D eigenvalue weighted by molar-refractivity contribution is 0.0122. The van der Waals surface area contributed by atoms with Crippen LogP contribution < -0.4 is 5.73 Å². The molecule has 0 radical (unpaired) electrons. The van der Waals surface area contributed by atoms with Crippen LogP contribution >= 0.6 is 0 Å². The molecule has 0 bridgehead atoms. The summed E-state index contributed by atoms with van der Waals surface area (Å²) >= 11 is 0. The quantitative estimate of drug-likeness (QED) is 0.694. The first-order valence-corrected chi connectivity index (χ1v) is 8.32. The third-order valence-corrected chi connectivity index (χ3v) is 4.04. The molecule has 0 spiro atoms. The normalized spacial score (nSPS) is 14.2. The molecule has 2 heterocycles. The summed E-state index contributed by atoms with van der Waals surface area (Å²) in [5, 5.41) is 10.2. The van der Waals surface area contributed by atoms with Crippen LogP contribution in [-0.4, -0.2) is 43.9 Å². The van der Waals surface area contributed by atoms with E-state index in [2.05, 4.69) is 28.8 Å². The van der Waals surface area contributed by atoms with E-state index in [-0.39, 0.29) is 0 Å². The fourth-order valence-electron chi connectivity index (χ4n) is 2.58. The van der Waals surface area contributed by atoms with Gasteiger partial charge in [0.25, 0.3) is 0 Å². The molecule has 7 nitrogen and oxygen atoms in total. The molecule has 3 N–H and O–H groups in total. The Bertz CT molecular complexity index is 601. The maximum Gasteiger partial charge on any atom is 0.165 e. The van der Waals surface area contributed by atoms with E-state index in [9.17, 15) is 5.11 Å².